The standard InChI is InChI=1S/C55H68N8O7.2ClH/c1-32-22-41(64)23-33(2)43(32)28-45(56)54(69)62-30-39-16-8-6-14-37(39)26-49(62)52(67)58-20-12-10-18-47-36(5)60-48(51(66)61-47)19-11-13-21-59-53(68)50-27-38-15-7-9-17-40(38)31-63(50)55(70)46(57)29-44-34(3)24-42(65)25-35(44)4;;/h6-9,14-17,22-25,45-46,49-50,64-65H,10-13,18-21,26-31,56-57H2,1-5H3,(H,58,67)(H,59,68)(H,61,66);2*1H/t45-,46-,49-,50-;;/m0../s1. The van der Waals surface area contributed by atoms with E-state index in [-0.39, 0.29) is 91.4 Å². The fourth-order valence-corrected chi connectivity index (χ4v) is 10.1. The van der Waals surface area contributed by atoms with Crippen molar-refractivity contribution in [1.82, 2.24) is 30.4 Å². The molecule has 0 spiro atoms. The van der Waals surface area contributed by atoms with Gasteiger partial charge in [0.2, 0.25) is 23.6 Å². The molecule has 17 heteroatoms. The van der Waals surface area contributed by atoms with Gasteiger partial charge in [0, 0.05) is 44.7 Å². The summed E-state index contributed by atoms with van der Waals surface area (Å²) in [6.45, 7) is 10.7. The minimum atomic E-state index is -0.877. The number of phenolic OH excluding ortho intramolecular Hbond substituents is 2. The van der Waals surface area contributed by atoms with Crippen molar-refractivity contribution in [3.8, 4) is 11.5 Å². The lowest BCUT2D eigenvalue weighted by Gasteiger charge is -2.37. The van der Waals surface area contributed by atoms with Crippen molar-refractivity contribution in [3.63, 3.8) is 0 Å². The molecule has 72 heavy (non-hydrogen) atoms. The zero-order valence-corrected chi connectivity index (χ0v) is 43.5. The van der Waals surface area contributed by atoms with Gasteiger partial charge < -0.3 is 47.1 Å². The third-order valence-electron chi connectivity index (χ3n) is 14.1. The Balaban J connectivity index is 0.00000481. The maximum atomic E-state index is 13.9. The van der Waals surface area contributed by atoms with Crippen molar-refractivity contribution in [2.75, 3.05) is 13.1 Å². The van der Waals surface area contributed by atoms with Gasteiger partial charge in [-0.05, 0) is 166 Å². The lowest BCUT2D eigenvalue weighted by molar-refractivity contribution is -0.142. The molecule has 9 N–H and O–H groups in total. The Hall–Kier alpha value is -6.26. The van der Waals surface area contributed by atoms with E-state index in [9.17, 15) is 34.2 Å². The van der Waals surface area contributed by atoms with Gasteiger partial charge in [-0.1, -0.05) is 48.5 Å². The molecule has 0 unspecified atom stereocenters. The molecule has 0 fully saturated rings. The van der Waals surface area contributed by atoms with Crippen molar-refractivity contribution >= 4 is 48.4 Å². The second kappa shape index (κ2) is 25.4. The first kappa shape index (κ1) is 56.7. The minimum Gasteiger partial charge on any atom is -0.508 e. The number of nitrogens with zero attached hydrogens (tertiary/aromatic N) is 3. The number of hydrogen-bond acceptors (Lipinski definition) is 10. The molecule has 4 amide bonds. The predicted molar refractivity (Wildman–Crippen MR) is 283 cm³/mol. The lowest BCUT2D eigenvalue weighted by atomic mass is 9.91. The highest BCUT2D eigenvalue weighted by molar-refractivity contribution is 5.91. The SMILES string of the molecule is Cc1cc(O)cc(C)c1C[C@H](N)C(=O)N1Cc2ccccc2C[C@H]1C(=O)NCCCCc1[nH]c(=O)c(CCCCNC(=O)[C@@H]2Cc3ccccc3CN2C(=O)[C@@H](N)Cc2c(C)cc(O)cc2C)nc1C.Cl.Cl. The van der Waals surface area contributed by atoms with Crippen molar-refractivity contribution in [1.29, 1.82) is 0 Å². The Bertz CT molecular complexity index is 2770. The van der Waals surface area contributed by atoms with E-state index in [1.165, 1.54) is 0 Å². The van der Waals surface area contributed by atoms with Crippen LogP contribution in [-0.2, 0) is 70.8 Å². The highest BCUT2D eigenvalue weighted by Gasteiger charge is 2.38. The van der Waals surface area contributed by atoms with Crippen LogP contribution in [0.4, 0.5) is 0 Å². The zero-order chi connectivity index (χ0) is 50.2. The number of rotatable bonds is 18. The van der Waals surface area contributed by atoms with Gasteiger partial charge >= 0.3 is 0 Å². The first-order valence-electron chi connectivity index (χ1n) is 24.5. The number of unbranched alkanes of at least 4 members (excludes halogenated alkanes) is 2. The quantitative estimate of drug-likeness (QED) is 0.0545. The van der Waals surface area contributed by atoms with Crippen LogP contribution in [0, 0.1) is 34.6 Å². The average molecular weight is 1030 g/mol. The Kier molecular flexibility index (Phi) is 20.0. The molecule has 2 aliphatic heterocycles. The summed E-state index contributed by atoms with van der Waals surface area (Å²) in [5, 5.41) is 26.1. The topological polar surface area (TPSA) is 237 Å². The van der Waals surface area contributed by atoms with Gasteiger partial charge in [0.05, 0.1) is 17.8 Å². The second-order valence-electron chi connectivity index (χ2n) is 19.2. The van der Waals surface area contributed by atoms with Gasteiger partial charge in [0.25, 0.3) is 5.56 Å². The van der Waals surface area contributed by atoms with Gasteiger partial charge in [0.1, 0.15) is 29.3 Å². The van der Waals surface area contributed by atoms with Crippen molar-refractivity contribution in [2.24, 2.45) is 11.5 Å². The van der Waals surface area contributed by atoms with Gasteiger partial charge in [0.15, 0.2) is 0 Å². The summed E-state index contributed by atoms with van der Waals surface area (Å²) in [4.78, 5) is 79.4. The van der Waals surface area contributed by atoms with Gasteiger partial charge in [-0.25, -0.2) is 0 Å². The summed E-state index contributed by atoms with van der Waals surface area (Å²) < 4.78 is 0. The molecule has 386 valence electrons. The van der Waals surface area contributed by atoms with Crippen LogP contribution in [0.2, 0.25) is 0 Å². The Morgan fingerprint density at radius 1 is 0.639 bits per heavy atom. The van der Waals surface area contributed by atoms with E-state index in [1.54, 1.807) is 34.1 Å². The van der Waals surface area contributed by atoms with Crippen LogP contribution in [0.15, 0.2) is 77.6 Å². The lowest BCUT2D eigenvalue weighted by Crippen LogP contribution is -2.56. The maximum Gasteiger partial charge on any atom is 0.269 e. The summed E-state index contributed by atoms with van der Waals surface area (Å²) in [6.07, 6.45) is 4.83. The van der Waals surface area contributed by atoms with Crippen LogP contribution >= 0.6 is 24.8 Å². The highest BCUT2D eigenvalue weighted by atomic mass is 35.5. The molecule has 4 atom stereocenters. The summed E-state index contributed by atoms with van der Waals surface area (Å²) in [5.41, 5.74) is 23.9. The van der Waals surface area contributed by atoms with E-state index in [1.807, 2.05) is 83.1 Å². The Labute approximate surface area is 434 Å². The monoisotopic (exact) mass is 1020 g/mol. The normalized spacial score (nSPS) is 15.8. The number of nitrogens with two attached hydrogens (primary N) is 2. The number of phenols is 2. The molecule has 4 aromatic carbocycles. The number of aromatic nitrogens is 2. The summed E-state index contributed by atoms with van der Waals surface area (Å²) in [6, 6.07) is 19.0. The van der Waals surface area contributed by atoms with E-state index in [0.717, 1.165) is 67.0 Å². The van der Waals surface area contributed by atoms with Crippen LogP contribution in [0.25, 0.3) is 0 Å². The average Bonchev–Trinajstić information content (AvgIpc) is 3.33. The van der Waals surface area contributed by atoms with Gasteiger partial charge in [-0.15, -0.1) is 24.8 Å². The minimum absolute atomic E-state index is 0. The third-order valence-corrected chi connectivity index (χ3v) is 14.1. The molecule has 7 rings (SSSR count). The second-order valence-corrected chi connectivity index (χ2v) is 19.2. The van der Waals surface area contributed by atoms with Crippen LogP contribution in [0.5, 0.6) is 11.5 Å². The third kappa shape index (κ3) is 13.6. The van der Waals surface area contributed by atoms with Crippen molar-refractivity contribution < 1.29 is 29.4 Å². The number of carbonyl (C=O) groups is 4. The molecule has 0 radical (unpaired) electrons. The zero-order valence-electron chi connectivity index (χ0n) is 41.9. The number of H-pyrrole nitrogens is 1. The van der Waals surface area contributed by atoms with Crippen LogP contribution in [-0.4, -0.2) is 90.9 Å². The van der Waals surface area contributed by atoms with Crippen molar-refractivity contribution in [2.45, 2.75) is 136 Å². The summed E-state index contributed by atoms with van der Waals surface area (Å²) in [7, 11) is 0. The first-order chi connectivity index (χ1) is 33.5. The summed E-state index contributed by atoms with van der Waals surface area (Å²) >= 11 is 0. The predicted octanol–water partition coefficient (Wildman–Crippen LogP) is 5.49. The molecule has 15 nitrogen and oxygen atoms in total. The Morgan fingerprint density at radius 3 is 1.44 bits per heavy atom. The van der Waals surface area contributed by atoms with E-state index in [2.05, 4.69) is 20.6 Å². The fraction of sp³-hybridized carbons (Fsp3) is 0.418. The molecular weight excluding hydrogens is 956 g/mol. The van der Waals surface area contributed by atoms with Gasteiger partial charge in [-0.3, -0.25) is 29.0 Å². The maximum absolute atomic E-state index is 13.9. The molecule has 0 bridgehead atoms. The molecule has 0 aliphatic carbocycles. The number of carbonyl (C=O) groups excluding carboxylic acids is 4. The van der Waals surface area contributed by atoms with Crippen LogP contribution in [0.3, 0.4) is 0 Å². The number of nitrogens with one attached hydrogen (secondary N) is 3. The first-order valence-corrected chi connectivity index (χ1v) is 24.5. The fourth-order valence-electron chi connectivity index (χ4n) is 10.1. The van der Waals surface area contributed by atoms with Crippen molar-refractivity contribution in [3.05, 3.63) is 156 Å². The molecule has 5 aromatic rings. The van der Waals surface area contributed by atoms with E-state index in [0.29, 0.717) is 70.2 Å². The number of benzene rings is 4. The number of halogens is 2. The summed E-state index contributed by atoms with van der Waals surface area (Å²) in [5.74, 6) is -0.793. The number of aromatic amines is 1. The number of fused-ring (bicyclic) bond motifs is 2. The van der Waals surface area contributed by atoms with E-state index in [4.69, 9.17) is 11.5 Å². The molecule has 0 saturated carbocycles. The van der Waals surface area contributed by atoms with E-state index < -0.39 is 24.2 Å². The molecular formula is C55H70Cl2N8O7. The molecule has 2 aliphatic rings. The Morgan fingerprint density at radius 2 is 1.03 bits per heavy atom. The van der Waals surface area contributed by atoms with Crippen LogP contribution < -0.4 is 27.7 Å². The number of aryl methyl sites for hydroxylation is 7. The van der Waals surface area contributed by atoms with Crippen LogP contribution in [0.1, 0.15) is 98.4 Å². The number of aromatic hydroxyl groups is 2. The van der Waals surface area contributed by atoms with Gasteiger partial charge in [-0.2, -0.15) is 0 Å². The number of amides is 4. The smallest absolute Gasteiger partial charge is 0.269 e. The van der Waals surface area contributed by atoms with E-state index >= 15 is 0 Å². The molecule has 3 heterocycles. The highest BCUT2D eigenvalue weighted by Crippen LogP contribution is 2.29. The largest absolute Gasteiger partial charge is 0.508 e. The number of hydrogen-bond donors (Lipinski definition) is 7. The molecule has 0 saturated heterocycles. The molecule has 1 aromatic heterocycles.